The normalized spacial score (nSPS) is 11.6. The predicted octanol–water partition coefficient (Wildman–Crippen LogP) is 3.58. The number of hydrogen-bond donors (Lipinski definition) is 1. The molecule has 0 saturated heterocycles. The molecule has 0 radical (unpaired) electrons. The second kappa shape index (κ2) is 7.36. The Balaban J connectivity index is 2.09. The predicted molar refractivity (Wildman–Crippen MR) is 94.1 cm³/mol. The molecule has 1 heterocycles. The van der Waals surface area contributed by atoms with Gasteiger partial charge in [0.2, 0.25) is 0 Å². The molecule has 0 atom stereocenters. The minimum absolute atomic E-state index is 0.0427. The van der Waals surface area contributed by atoms with Crippen molar-refractivity contribution in [2.24, 2.45) is 7.05 Å². The van der Waals surface area contributed by atoms with Crippen LogP contribution in [0.5, 0.6) is 11.5 Å². The minimum atomic E-state index is -4.71. The SMILES string of the molecule is Cn1nnn(-c2cccc(C(F)(F)F)c2COc2cc(Cl)c(O)cc2Cl)c1=O. The van der Waals surface area contributed by atoms with Crippen LogP contribution in [0.4, 0.5) is 13.2 Å². The van der Waals surface area contributed by atoms with Gasteiger partial charge in [0, 0.05) is 24.7 Å². The number of ether oxygens (including phenoxy) is 1. The smallest absolute Gasteiger partial charge is 0.416 e. The van der Waals surface area contributed by atoms with Gasteiger partial charge in [-0.1, -0.05) is 29.3 Å². The van der Waals surface area contributed by atoms with Crippen molar-refractivity contribution in [1.29, 1.82) is 0 Å². The molecular weight excluding hydrogens is 424 g/mol. The molecule has 0 unspecified atom stereocenters. The summed E-state index contributed by atoms with van der Waals surface area (Å²) in [6, 6.07) is 5.56. The van der Waals surface area contributed by atoms with Crippen molar-refractivity contribution < 1.29 is 23.0 Å². The van der Waals surface area contributed by atoms with Crippen molar-refractivity contribution in [3.8, 4) is 17.2 Å². The third kappa shape index (κ3) is 3.78. The Kier molecular flexibility index (Phi) is 5.26. The Bertz CT molecular complexity index is 1100. The van der Waals surface area contributed by atoms with Crippen LogP contribution in [0, 0.1) is 0 Å². The maximum atomic E-state index is 13.5. The van der Waals surface area contributed by atoms with Gasteiger partial charge in [0.1, 0.15) is 18.1 Å². The van der Waals surface area contributed by atoms with Crippen LogP contribution in [0.3, 0.4) is 0 Å². The van der Waals surface area contributed by atoms with Crippen LogP contribution < -0.4 is 10.4 Å². The molecule has 1 aromatic heterocycles. The molecule has 0 fully saturated rings. The molecule has 0 aliphatic rings. The van der Waals surface area contributed by atoms with E-state index in [1.165, 1.54) is 19.2 Å². The lowest BCUT2D eigenvalue weighted by Gasteiger charge is -2.17. The Morgan fingerprint density at radius 1 is 1.18 bits per heavy atom. The molecule has 2 aromatic carbocycles. The summed E-state index contributed by atoms with van der Waals surface area (Å²) in [6.07, 6.45) is -4.71. The molecule has 0 aliphatic carbocycles. The summed E-state index contributed by atoms with van der Waals surface area (Å²) in [5, 5.41) is 16.5. The van der Waals surface area contributed by atoms with E-state index in [1.54, 1.807) is 0 Å². The zero-order chi connectivity index (χ0) is 20.6. The first-order valence-corrected chi connectivity index (χ1v) is 8.34. The zero-order valence-electron chi connectivity index (χ0n) is 14.0. The highest BCUT2D eigenvalue weighted by Crippen LogP contribution is 2.37. The quantitative estimate of drug-likeness (QED) is 0.678. The van der Waals surface area contributed by atoms with Crippen molar-refractivity contribution in [3.63, 3.8) is 0 Å². The number of rotatable bonds is 4. The standard InChI is InChI=1S/C16H11Cl2F3N4O3/c1-24-15(27)25(23-22-24)12-4-2-3-9(16(19,20)21)8(12)7-28-14-6-10(17)13(26)5-11(14)18/h2-6,26H,7H2,1H3. The number of benzene rings is 2. The summed E-state index contributed by atoms with van der Waals surface area (Å²) in [5.41, 5.74) is -2.23. The number of aryl methyl sites for hydroxylation is 1. The van der Waals surface area contributed by atoms with Gasteiger partial charge in [-0.25, -0.2) is 4.79 Å². The van der Waals surface area contributed by atoms with Gasteiger partial charge in [-0.2, -0.15) is 22.5 Å². The molecule has 148 valence electrons. The fraction of sp³-hybridized carbons (Fsp3) is 0.188. The molecule has 0 spiro atoms. The maximum Gasteiger partial charge on any atom is 0.416 e. The average molecular weight is 435 g/mol. The van der Waals surface area contributed by atoms with Gasteiger partial charge < -0.3 is 9.84 Å². The molecule has 0 bridgehead atoms. The van der Waals surface area contributed by atoms with E-state index in [0.29, 0.717) is 0 Å². The summed E-state index contributed by atoms with van der Waals surface area (Å²) in [4.78, 5) is 12.1. The lowest BCUT2D eigenvalue weighted by atomic mass is 10.1. The Morgan fingerprint density at radius 3 is 2.50 bits per heavy atom. The fourth-order valence-corrected chi connectivity index (χ4v) is 2.80. The Labute approximate surface area is 165 Å². The van der Waals surface area contributed by atoms with Crippen molar-refractivity contribution in [2.45, 2.75) is 12.8 Å². The Morgan fingerprint density at radius 2 is 1.89 bits per heavy atom. The molecule has 0 aliphatic heterocycles. The number of aromatic nitrogens is 4. The van der Waals surface area contributed by atoms with E-state index in [0.717, 1.165) is 27.6 Å². The van der Waals surface area contributed by atoms with E-state index in [4.69, 9.17) is 27.9 Å². The first-order chi connectivity index (χ1) is 13.1. The maximum absolute atomic E-state index is 13.5. The molecule has 0 saturated carbocycles. The van der Waals surface area contributed by atoms with Crippen LogP contribution >= 0.6 is 23.2 Å². The monoisotopic (exact) mass is 434 g/mol. The second-order valence-corrected chi connectivity index (χ2v) is 6.43. The largest absolute Gasteiger partial charge is 0.506 e. The van der Waals surface area contributed by atoms with E-state index in [-0.39, 0.29) is 32.8 Å². The first kappa shape index (κ1) is 20.0. The van der Waals surface area contributed by atoms with Gasteiger partial charge in [-0.15, -0.1) is 0 Å². The van der Waals surface area contributed by atoms with Gasteiger partial charge in [-0.3, -0.25) is 0 Å². The van der Waals surface area contributed by atoms with Crippen molar-refractivity contribution >= 4 is 23.2 Å². The minimum Gasteiger partial charge on any atom is -0.506 e. The van der Waals surface area contributed by atoms with E-state index >= 15 is 0 Å². The summed E-state index contributed by atoms with van der Waals surface area (Å²) in [7, 11) is 1.31. The number of phenolic OH excluding ortho intramolecular Hbond substituents is 1. The lowest BCUT2D eigenvalue weighted by molar-refractivity contribution is -0.138. The van der Waals surface area contributed by atoms with Gasteiger partial charge >= 0.3 is 11.9 Å². The first-order valence-electron chi connectivity index (χ1n) is 7.59. The number of phenols is 1. The molecular formula is C16H11Cl2F3N4O3. The van der Waals surface area contributed by atoms with Crippen molar-refractivity contribution in [3.05, 3.63) is 62.0 Å². The number of hydrogen-bond acceptors (Lipinski definition) is 5. The topological polar surface area (TPSA) is 82.2 Å². The molecule has 3 aromatic rings. The fourth-order valence-electron chi connectivity index (χ4n) is 2.43. The summed E-state index contributed by atoms with van der Waals surface area (Å²) >= 11 is 11.7. The van der Waals surface area contributed by atoms with Gasteiger partial charge in [0.25, 0.3) is 0 Å². The number of aromatic hydroxyl groups is 1. The van der Waals surface area contributed by atoms with Crippen LogP contribution in [-0.2, 0) is 19.8 Å². The van der Waals surface area contributed by atoms with Crippen LogP contribution in [0.25, 0.3) is 5.69 Å². The van der Waals surface area contributed by atoms with Crippen LogP contribution in [0.15, 0.2) is 35.1 Å². The average Bonchev–Trinajstić information content (AvgIpc) is 2.95. The molecule has 3 rings (SSSR count). The van der Waals surface area contributed by atoms with Crippen LogP contribution in [-0.4, -0.2) is 24.9 Å². The number of halogens is 5. The van der Waals surface area contributed by atoms with E-state index < -0.39 is 24.0 Å². The second-order valence-electron chi connectivity index (χ2n) is 5.62. The molecule has 7 nitrogen and oxygen atoms in total. The highest BCUT2D eigenvalue weighted by Gasteiger charge is 2.35. The Hall–Kier alpha value is -2.72. The molecule has 28 heavy (non-hydrogen) atoms. The van der Waals surface area contributed by atoms with E-state index in [2.05, 4.69) is 10.4 Å². The van der Waals surface area contributed by atoms with Gasteiger partial charge in [0.15, 0.2) is 0 Å². The van der Waals surface area contributed by atoms with Crippen LogP contribution in [0.1, 0.15) is 11.1 Å². The van der Waals surface area contributed by atoms with Crippen LogP contribution in [0.2, 0.25) is 10.0 Å². The van der Waals surface area contributed by atoms with Gasteiger partial charge in [0.05, 0.1) is 21.3 Å². The number of nitrogens with zero attached hydrogens (tertiary/aromatic N) is 4. The summed E-state index contributed by atoms with van der Waals surface area (Å²) in [6.45, 7) is -0.602. The highest BCUT2D eigenvalue weighted by molar-refractivity contribution is 6.35. The van der Waals surface area contributed by atoms with Crippen molar-refractivity contribution in [2.75, 3.05) is 0 Å². The number of alkyl halides is 3. The molecule has 0 amide bonds. The summed E-state index contributed by atoms with van der Waals surface area (Å²) in [5.74, 6) is -0.347. The van der Waals surface area contributed by atoms with Gasteiger partial charge in [-0.05, 0) is 22.6 Å². The number of tetrazole rings is 1. The lowest BCUT2D eigenvalue weighted by Crippen LogP contribution is -2.24. The zero-order valence-corrected chi connectivity index (χ0v) is 15.5. The van der Waals surface area contributed by atoms with Crippen molar-refractivity contribution in [1.82, 2.24) is 19.8 Å². The van der Waals surface area contributed by atoms with E-state index in [1.807, 2.05) is 0 Å². The highest BCUT2D eigenvalue weighted by atomic mass is 35.5. The summed E-state index contributed by atoms with van der Waals surface area (Å²) < 4.78 is 47.5. The third-order valence-electron chi connectivity index (χ3n) is 3.78. The molecule has 1 N–H and O–H groups in total. The van der Waals surface area contributed by atoms with E-state index in [9.17, 15) is 23.1 Å². The molecule has 12 heteroatoms. The third-order valence-corrected chi connectivity index (χ3v) is 4.38.